The van der Waals surface area contributed by atoms with Crippen LogP contribution in [0, 0.1) is 0 Å². The Morgan fingerprint density at radius 2 is 1.77 bits per heavy atom. The second kappa shape index (κ2) is 8.21. The molecule has 0 radical (unpaired) electrons. The highest BCUT2D eigenvalue weighted by Crippen LogP contribution is 2.25. The number of hydrogen-bond donors (Lipinski definition) is 1. The molecule has 0 aliphatic heterocycles. The number of fused-ring (bicyclic) bond motifs is 1. The Balaban J connectivity index is 2.01. The van der Waals surface area contributed by atoms with E-state index in [0.29, 0.717) is 0 Å². The van der Waals surface area contributed by atoms with Gasteiger partial charge in [-0.25, -0.2) is 0 Å². The van der Waals surface area contributed by atoms with E-state index in [-0.39, 0.29) is 18.1 Å². The van der Waals surface area contributed by atoms with Gasteiger partial charge in [0.2, 0.25) is 0 Å². The first-order valence-corrected chi connectivity index (χ1v) is 8.81. The lowest BCUT2D eigenvalue weighted by Crippen LogP contribution is -2.44. The van der Waals surface area contributed by atoms with Gasteiger partial charge in [0.1, 0.15) is 5.75 Å². The molecule has 0 saturated heterocycles. The van der Waals surface area contributed by atoms with E-state index >= 15 is 0 Å². The number of ether oxygens (including phenoxy) is 2. The number of carbonyl (C=O) groups excluding carboxylic acids is 2. The fourth-order valence-corrected chi connectivity index (χ4v) is 2.54. The zero-order chi connectivity index (χ0) is 19.3. The second-order valence-electron chi connectivity index (χ2n) is 7.09. The first-order chi connectivity index (χ1) is 12.3. The van der Waals surface area contributed by atoms with E-state index < -0.39 is 11.9 Å². The molecule has 5 heteroatoms. The molecule has 140 valence electrons. The second-order valence-corrected chi connectivity index (χ2v) is 7.09. The molecule has 1 atom stereocenters. The molecule has 5 nitrogen and oxygen atoms in total. The van der Waals surface area contributed by atoms with Gasteiger partial charge in [-0.2, -0.15) is 0 Å². The fraction of sp³-hybridized carbons (Fsp3) is 0.429. The Bertz CT molecular complexity index is 798. The fourth-order valence-electron chi connectivity index (χ4n) is 2.54. The van der Waals surface area contributed by atoms with Crippen LogP contribution in [0.1, 0.15) is 45.6 Å². The van der Waals surface area contributed by atoms with Crippen molar-refractivity contribution in [3.8, 4) is 5.75 Å². The summed E-state index contributed by atoms with van der Waals surface area (Å²) in [7, 11) is 1.63. The SMILES string of the molecule is CCC(C)(C)NC(=O)COC(=O)[C@@H](C)c1ccc2cc(OC)ccc2c1. The van der Waals surface area contributed by atoms with Crippen LogP contribution in [-0.4, -0.2) is 31.1 Å². The summed E-state index contributed by atoms with van der Waals surface area (Å²) < 4.78 is 10.4. The molecule has 0 unspecified atom stereocenters. The summed E-state index contributed by atoms with van der Waals surface area (Å²) in [6, 6.07) is 11.6. The molecule has 0 saturated carbocycles. The summed E-state index contributed by atoms with van der Waals surface area (Å²) in [5, 5.41) is 4.90. The molecule has 0 fully saturated rings. The van der Waals surface area contributed by atoms with Crippen molar-refractivity contribution in [3.05, 3.63) is 42.0 Å². The first kappa shape index (κ1) is 19.8. The molecular weight excluding hydrogens is 330 g/mol. The Labute approximate surface area is 154 Å². The molecule has 0 aromatic heterocycles. The maximum atomic E-state index is 12.3. The Morgan fingerprint density at radius 3 is 2.42 bits per heavy atom. The average Bonchev–Trinajstić information content (AvgIpc) is 2.64. The van der Waals surface area contributed by atoms with Crippen LogP contribution in [0.3, 0.4) is 0 Å². The maximum absolute atomic E-state index is 12.3. The number of benzene rings is 2. The molecular formula is C21H27NO4. The Hall–Kier alpha value is -2.56. The molecule has 1 N–H and O–H groups in total. The Kier molecular flexibility index (Phi) is 6.24. The predicted molar refractivity (Wildman–Crippen MR) is 102 cm³/mol. The highest BCUT2D eigenvalue weighted by molar-refractivity contribution is 5.87. The van der Waals surface area contributed by atoms with Crippen LogP contribution in [0.5, 0.6) is 5.75 Å². The first-order valence-electron chi connectivity index (χ1n) is 8.81. The number of hydrogen-bond acceptors (Lipinski definition) is 4. The minimum atomic E-state index is -0.450. The summed E-state index contributed by atoms with van der Waals surface area (Å²) >= 11 is 0. The summed E-state index contributed by atoms with van der Waals surface area (Å²) in [6.07, 6.45) is 0.797. The molecule has 0 aliphatic carbocycles. The predicted octanol–water partition coefficient (Wildman–Crippen LogP) is 3.80. The molecule has 0 aliphatic rings. The molecule has 2 aromatic carbocycles. The summed E-state index contributed by atoms with van der Waals surface area (Å²) in [5.74, 6) is -0.363. The third-order valence-corrected chi connectivity index (χ3v) is 4.63. The van der Waals surface area contributed by atoms with Gasteiger partial charge >= 0.3 is 5.97 Å². The zero-order valence-electron chi connectivity index (χ0n) is 16.1. The van der Waals surface area contributed by atoms with Crippen molar-refractivity contribution in [3.63, 3.8) is 0 Å². The molecule has 26 heavy (non-hydrogen) atoms. The number of rotatable bonds is 7. The smallest absolute Gasteiger partial charge is 0.313 e. The van der Waals surface area contributed by atoms with E-state index in [1.807, 2.05) is 57.2 Å². The molecule has 0 heterocycles. The lowest BCUT2D eigenvalue weighted by molar-refractivity contribution is -0.150. The van der Waals surface area contributed by atoms with Crippen LogP contribution >= 0.6 is 0 Å². The van der Waals surface area contributed by atoms with Crippen molar-refractivity contribution < 1.29 is 19.1 Å². The number of nitrogens with one attached hydrogen (secondary N) is 1. The Morgan fingerprint density at radius 1 is 1.12 bits per heavy atom. The summed E-state index contributed by atoms with van der Waals surface area (Å²) in [5.41, 5.74) is 0.538. The third kappa shape index (κ3) is 4.97. The molecule has 1 amide bonds. The van der Waals surface area contributed by atoms with Gasteiger partial charge in [-0.3, -0.25) is 9.59 Å². The van der Waals surface area contributed by atoms with Crippen molar-refractivity contribution in [1.82, 2.24) is 5.32 Å². The van der Waals surface area contributed by atoms with Crippen molar-refractivity contribution in [1.29, 1.82) is 0 Å². The zero-order valence-corrected chi connectivity index (χ0v) is 16.1. The number of methoxy groups -OCH3 is 1. The van der Waals surface area contributed by atoms with Gasteiger partial charge in [-0.1, -0.05) is 31.2 Å². The van der Waals surface area contributed by atoms with Gasteiger partial charge < -0.3 is 14.8 Å². The molecule has 0 bridgehead atoms. The monoisotopic (exact) mass is 357 g/mol. The van der Waals surface area contributed by atoms with Gasteiger partial charge in [-0.05, 0) is 55.7 Å². The van der Waals surface area contributed by atoms with Gasteiger partial charge in [0.15, 0.2) is 6.61 Å². The average molecular weight is 357 g/mol. The summed E-state index contributed by atoms with van der Waals surface area (Å²) in [6.45, 7) is 7.36. The highest BCUT2D eigenvalue weighted by atomic mass is 16.5. The van der Waals surface area contributed by atoms with Crippen LogP contribution in [0.4, 0.5) is 0 Å². The van der Waals surface area contributed by atoms with E-state index in [9.17, 15) is 9.59 Å². The topological polar surface area (TPSA) is 64.6 Å². The third-order valence-electron chi connectivity index (χ3n) is 4.63. The number of carbonyl (C=O) groups is 2. The quantitative estimate of drug-likeness (QED) is 0.766. The molecule has 2 aromatic rings. The highest BCUT2D eigenvalue weighted by Gasteiger charge is 2.21. The lowest BCUT2D eigenvalue weighted by atomic mass is 9.98. The van der Waals surface area contributed by atoms with Crippen LogP contribution < -0.4 is 10.1 Å². The summed E-state index contributed by atoms with van der Waals surface area (Å²) in [4.78, 5) is 24.2. The van der Waals surface area contributed by atoms with Crippen molar-refractivity contribution >= 4 is 22.6 Å². The van der Waals surface area contributed by atoms with Crippen LogP contribution in [-0.2, 0) is 14.3 Å². The van der Waals surface area contributed by atoms with Crippen molar-refractivity contribution in [2.45, 2.75) is 45.6 Å². The van der Waals surface area contributed by atoms with Crippen LogP contribution in [0.2, 0.25) is 0 Å². The van der Waals surface area contributed by atoms with E-state index in [1.54, 1.807) is 14.0 Å². The minimum Gasteiger partial charge on any atom is -0.497 e. The van der Waals surface area contributed by atoms with Gasteiger partial charge in [0.25, 0.3) is 5.91 Å². The minimum absolute atomic E-state index is 0.266. The standard InChI is InChI=1S/C21H27NO4/c1-6-21(3,4)22-19(23)13-26-20(24)14(2)15-7-8-17-12-18(25-5)10-9-16(17)11-15/h7-12,14H,6,13H2,1-5H3,(H,22,23)/t14-/m0/s1. The van der Waals surface area contributed by atoms with Crippen molar-refractivity contribution in [2.24, 2.45) is 0 Å². The van der Waals surface area contributed by atoms with E-state index in [1.165, 1.54) is 0 Å². The number of amides is 1. The van der Waals surface area contributed by atoms with E-state index in [4.69, 9.17) is 9.47 Å². The van der Waals surface area contributed by atoms with Crippen LogP contribution in [0.25, 0.3) is 10.8 Å². The van der Waals surface area contributed by atoms with Gasteiger partial charge in [0, 0.05) is 5.54 Å². The van der Waals surface area contributed by atoms with E-state index in [2.05, 4.69) is 5.32 Å². The number of esters is 1. The van der Waals surface area contributed by atoms with E-state index in [0.717, 1.165) is 28.5 Å². The largest absolute Gasteiger partial charge is 0.497 e. The van der Waals surface area contributed by atoms with Crippen molar-refractivity contribution in [2.75, 3.05) is 13.7 Å². The van der Waals surface area contributed by atoms with Gasteiger partial charge in [0.05, 0.1) is 13.0 Å². The van der Waals surface area contributed by atoms with Crippen LogP contribution in [0.15, 0.2) is 36.4 Å². The molecule has 0 spiro atoms. The lowest BCUT2D eigenvalue weighted by Gasteiger charge is -2.24. The normalized spacial score (nSPS) is 12.5. The maximum Gasteiger partial charge on any atom is 0.313 e. The molecule has 2 rings (SSSR count). The van der Waals surface area contributed by atoms with Gasteiger partial charge in [-0.15, -0.1) is 0 Å².